The molecule has 27 heavy (non-hydrogen) atoms. The Morgan fingerprint density at radius 3 is 2.19 bits per heavy atom. The minimum atomic E-state index is -1.06. The Morgan fingerprint density at radius 2 is 1.56 bits per heavy atom. The van der Waals surface area contributed by atoms with Crippen LogP contribution in [-0.4, -0.2) is 24.3 Å². The van der Waals surface area contributed by atoms with E-state index in [1.54, 1.807) is 66.7 Å². The largest absolute Gasteiger partial charge is 0.459 e. The maximum Gasteiger partial charge on any atom is 0.333 e. The summed E-state index contributed by atoms with van der Waals surface area (Å²) in [5.74, 6) is -1.54. The third-order valence-electron chi connectivity index (χ3n) is 3.83. The molecule has 136 valence electrons. The number of esters is 1. The van der Waals surface area contributed by atoms with Crippen molar-refractivity contribution in [2.24, 2.45) is 0 Å². The van der Waals surface area contributed by atoms with Crippen molar-refractivity contribution < 1.29 is 23.5 Å². The van der Waals surface area contributed by atoms with Gasteiger partial charge in [0.15, 0.2) is 24.2 Å². The molecule has 0 spiro atoms. The molecular weight excluding hydrogens is 346 g/mol. The number of carbonyl (C=O) groups excluding carboxylic acids is 3. The van der Waals surface area contributed by atoms with Crippen molar-refractivity contribution in [3.63, 3.8) is 0 Å². The Morgan fingerprint density at radius 1 is 0.889 bits per heavy atom. The normalized spacial score (nSPS) is 11.4. The van der Waals surface area contributed by atoms with Gasteiger partial charge in [0.2, 0.25) is 0 Å². The fraction of sp³-hybridized carbons (Fsp3) is 0.0952. The molecule has 1 aromatic heterocycles. The van der Waals surface area contributed by atoms with Gasteiger partial charge >= 0.3 is 5.97 Å². The minimum absolute atomic E-state index is 0.0732. The molecule has 6 heteroatoms. The van der Waals surface area contributed by atoms with Gasteiger partial charge in [0.05, 0.1) is 6.26 Å². The molecule has 0 fully saturated rings. The van der Waals surface area contributed by atoms with E-state index in [-0.39, 0.29) is 11.5 Å². The number of carbonyl (C=O) groups is 3. The zero-order chi connectivity index (χ0) is 19.1. The van der Waals surface area contributed by atoms with E-state index in [1.807, 2.05) is 0 Å². The number of hydrogen-bond donors (Lipinski definition) is 1. The number of nitrogens with one attached hydrogen (secondary N) is 1. The van der Waals surface area contributed by atoms with E-state index in [1.165, 1.54) is 12.3 Å². The molecule has 6 nitrogen and oxygen atoms in total. The number of ether oxygens (including phenoxy) is 1. The summed E-state index contributed by atoms with van der Waals surface area (Å²) in [5.41, 5.74) is 0.982. The third kappa shape index (κ3) is 4.70. The Labute approximate surface area is 155 Å². The Kier molecular flexibility index (Phi) is 5.79. The summed E-state index contributed by atoms with van der Waals surface area (Å²) >= 11 is 0. The van der Waals surface area contributed by atoms with E-state index in [4.69, 9.17) is 9.15 Å². The topological polar surface area (TPSA) is 85.6 Å². The predicted octanol–water partition coefficient (Wildman–Crippen LogP) is 3.18. The van der Waals surface area contributed by atoms with Crippen molar-refractivity contribution >= 4 is 17.7 Å². The van der Waals surface area contributed by atoms with E-state index in [2.05, 4.69) is 5.32 Å². The average Bonchev–Trinajstić information content (AvgIpc) is 3.26. The molecule has 1 atom stereocenters. The van der Waals surface area contributed by atoms with Crippen LogP contribution >= 0.6 is 0 Å². The maximum atomic E-state index is 12.6. The Hall–Kier alpha value is -3.67. The summed E-state index contributed by atoms with van der Waals surface area (Å²) in [4.78, 5) is 37.0. The minimum Gasteiger partial charge on any atom is -0.459 e. The highest BCUT2D eigenvalue weighted by Crippen LogP contribution is 2.16. The highest BCUT2D eigenvalue weighted by Gasteiger charge is 2.26. The molecule has 1 unspecified atom stereocenters. The zero-order valence-electron chi connectivity index (χ0n) is 14.3. The lowest BCUT2D eigenvalue weighted by Crippen LogP contribution is -2.35. The second kappa shape index (κ2) is 8.62. The average molecular weight is 363 g/mol. The van der Waals surface area contributed by atoms with Crippen LogP contribution in [0, 0.1) is 0 Å². The molecule has 0 aliphatic carbocycles. The first kappa shape index (κ1) is 18.1. The Bertz CT molecular complexity index is 904. The molecule has 1 heterocycles. The lowest BCUT2D eigenvalue weighted by molar-refractivity contribution is -0.145. The summed E-state index contributed by atoms with van der Waals surface area (Å²) in [6.07, 6.45) is 1.36. The number of rotatable bonds is 7. The van der Waals surface area contributed by atoms with Crippen molar-refractivity contribution in [2.75, 3.05) is 6.61 Å². The number of ketones is 1. The quantitative estimate of drug-likeness (QED) is 0.515. The summed E-state index contributed by atoms with van der Waals surface area (Å²) in [6, 6.07) is 19.2. The number of furan rings is 1. The first-order valence-corrected chi connectivity index (χ1v) is 8.29. The van der Waals surface area contributed by atoms with Gasteiger partial charge in [0.25, 0.3) is 5.91 Å². The van der Waals surface area contributed by atoms with Gasteiger partial charge in [-0.1, -0.05) is 60.7 Å². The fourth-order valence-corrected chi connectivity index (χ4v) is 2.46. The van der Waals surface area contributed by atoms with E-state index in [0.29, 0.717) is 11.1 Å². The van der Waals surface area contributed by atoms with E-state index >= 15 is 0 Å². The molecule has 1 N–H and O–H groups in total. The van der Waals surface area contributed by atoms with Gasteiger partial charge in [0.1, 0.15) is 0 Å². The van der Waals surface area contributed by atoms with Gasteiger partial charge in [-0.3, -0.25) is 9.59 Å². The van der Waals surface area contributed by atoms with Gasteiger partial charge in [-0.2, -0.15) is 0 Å². The summed E-state index contributed by atoms with van der Waals surface area (Å²) in [7, 11) is 0. The molecule has 1 amide bonds. The van der Waals surface area contributed by atoms with E-state index in [0.717, 1.165) is 0 Å². The van der Waals surface area contributed by atoms with Crippen molar-refractivity contribution in [1.82, 2.24) is 5.32 Å². The number of hydrogen-bond acceptors (Lipinski definition) is 5. The van der Waals surface area contributed by atoms with E-state index in [9.17, 15) is 14.4 Å². The fourth-order valence-electron chi connectivity index (χ4n) is 2.46. The van der Waals surface area contributed by atoms with Crippen LogP contribution in [0.5, 0.6) is 0 Å². The summed E-state index contributed by atoms with van der Waals surface area (Å²) < 4.78 is 10.2. The molecule has 0 saturated heterocycles. The van der Waals surface area contributed by atoms with Gasteiger partial charge in [0, 0.05) is 5.56 Å². The monoisotopic (exact) mass is 363 g/mol. The highest BCUT2D eigenvalue weighted by atomic mass is 16.5. The third-order valence-corrected chi connectivity index (χ3v) is 3.83. The van der Waals surface area contributed by atoms with Crippen LogP contribution in [0.2, 0.25) is 0 Å². The molecule has 2 aromatic carbocycles. The van der Waals surface area contributed by atoms with Crippen LogP contribution < -0.4 is 5.32 Å². The van der Waals surface area contributed by atoms with Crippen molar-refractivity contribution in [3.8, 4) is 0 Å². The lowest BCUT2D eigenvalue weighted by atomic mass is 10.1. The van der Waals surface area contributed by atoms with Crippen molar-refractivity contribution in [1.29, 1.82) is 0 Å². The van der Waals surface area contributed by atoms with Crippen molar-refractivity contribution in [3.05, 3.63) is 95.9 Å². The molecule has 3 aromatic rings. The second-order valence-corrected chi connectivity index (χ2v) is 5.69. The van der Waals surface area contributed by atoms with Crippen molar-refractivity contribution in [2.45, 2.75) is 6.04 Å². The predicted molar refractivity (Wildman–Crippen MR) is 97.1 cm³/mol. The van der Waals surface area contributed by atoms with Crippen LogP contribution in [0.4, 0.5) is 0 Å². The highest BCUT2D eigenvalue weighted by molar-refractivity contribution is 5.99. The Balaban J connectivity index is 1.71. The first-order valence-electron chi connectivity index (χ1n) is 8.29. The van der Waals surface area contributed by atoms with Gasteiger partial charge in [-0.15, -0.1) is 0 Å². The molecule has 0 radical (unpaired) electrons. The van der Waals surface area contributed by atoms with Crippen LogP contribution in [-0.2, 0) is 9.53 Å². The number of Topliss-reactive ketones (excluding diaryl/α,β-unsaturated/α-hetero) is 1. The van der Waals surface area contributed by atoms with Crippen LogP contribution in [0.3, 0.4) is 0 Å². The summed E-state index contributed by atoms with van der Waals surface area (Å²) in [6.45, 7) is -0.414. The summed E-state index contributed by atoms with van der Waals surface area (Å²) in [5, 5.41) is 2.58. The molecular formula is C21H17NO5. The maximum absolute atomic E-state index is 12.6. The van der Waals surface area contributed by atoms with Crippen LogP contribution in [0.15, 0.2) is 83.5 Å². The molecule has 3 rings (SSSR count). The number of benzene rings is 2. The second-order valence-electron chi connectivity index (χ2n) is 5.69. The van der Waals surface area contributed by atoms with Gasteiger partial charge < -0.3 is 14.5 Å². The standard InChI is InChI=1S/C21H17NO5/c23-17(15-8-3-1-4-9-15)14-27-21(25)19(16-10-5-2-6-11-16)22-20(24)18-12-7-13-26-18/h1-13,19H,14H2,(H,22,24). The molecule has 0 bridgehead atoms. The lowest BCUT2D eigenvalue weighted by Gasteiger charge is -2.17. The van der Waals surface area contributed by atoms with Crippen LogP contribution in [0.25, 0.3) is 0 Å². The zero-order valence-corrected chi connectivity index (χ0v) is 14.3. The van der Waals surface area contributed by atoms with Gasteiger partial charge in [-0.05, 0) is 17.7 Å². The van der Waals surface area contributed by atoms with E-state index < -0.39 is 24.5 Å². The van der Waals surface area contributed by atoms with Crippen LogP contribution in [0.1, 0.15) is 32.5 Å². The molecule has 0 saturated carbocycles. The smallest absolute Gasteiger partial charge is 0.333 e. The number of amides is 1. The first-order chi connectivity index (χ1) is 13.1. The SMILES string of the molecule is O=C(COC(=O)C(NC(=O)c1ccco1)c1ccccc1)c1ccccc1. The van der Waals surface area contributed by atoms with Gasteiger partial charge in [-0.25, -0.2) is 4.79 Å². The molecule has 0 aliphatic rings. The molecule has 0 aliphatic heterocycles.